The largest absolute Gasteiger partial charge is 0.356 e. The predicted molar refractivity (Wildman–Crippen MR) is 102 cm³/mol. The van der Waals surface area contributed by atoms with Gasteiger partial charge in [-0.2, -0.15) is 0 Å². The zero-order chi connectivity index (χ0) is 18.4. The van der Waals surface area contributed by atoms with E-state index < -0.39 is 0 Å². The number of hydrogen-bond acceptors (Lipinski definition) is 3. The standard InChI is InChI=1S/C13H15N3.C7H15NO/c1-10-12-9-14-7-8-16(12)13(15-10)11-5-3-2-4-6-11;1-6(8-5-9)7(2,3)4/h2-6,14H,7-9H2,1H3;5-6H,1-4H3,(H,8,9). The molecule has 5 heteroatoms. The number of imidazole rings is 1. The maximum atomic E-state index is 9.95. The molecule has 0 saturated heterocycles. The van der Waals surface area contributed by atoms with E-state index in [0.29, 0.717) is 0 Å². The molecule has 2 N–H and O–H groups in total. The first kappa shape index (κ1) is 19.2. The van der Waals surface area contributed by atoms with Gasteiger partial charge in [-0.15, -0.1) is 0 Å². The van der Waals surface area contributed by atoms with Crippen LogP contribution in [0.25, 0.3) is 11.4 Å². The zero-order valence-electron chi connectivity index (χ0n) is 16.0. The van der Waals surface area contributed by atoms with Gasteiger partial charge in [0, 0.05) is 31.2 Å². The summed E-state index contributed by atoms with van der Waals surface area (Å²) >= 11 is 0. The minimum atomic E-state index is 0.168. The van der Waals surface area contributed by atoms with Crippen LogP contribution in [0.3, 0.4) is 0 Å². The van der Waals surface area contributed by atoms with Crippen molar-refractivity contribution in [2.24, 2.45) is 5.41 Å². The van der Waals surface area contributed by atoms with E-state index in [9.17, 15) is 4.79 Å². The van der Waals surface area contributed by atoms with Gasteiger partial charge in [0.2, 0.25) is 6.41 Å². The number of carbonyl (C=O) groups excluding carboxylic acids is 1. The maximum Gasteiger partial charge on any atom is 0.207 e. The summed E-state index contributed by atoms with van der Waals surface area (Å²) in [5.74, 6) is 1.11. The fourth-order valence-corrected chi connectivity index (χ4v) is 2.63. The first-order chi connectivity index (χ1) is 11.8. The Morgan fingerprint density at radius 3 is 2.52 bits per heavy atom. The molecule has 0 radical (unpaired) electrons. The molecule has 0 bridgehead atoms. The summed E-state index contributed by atoms with van der Waals surface area (Å²) in [4.78, 5) is 14.6. The third kappa shape index (κ3) is 4.92. The lowest BCUT2D eigenvalue weighted by Crippen LogP contribution is -2.36. The topological polar surface area (TPSA) is 59.0 Å². The average Bonchev–Trinajstić information content (AvgIpc) is 2.93. The number of aromatic nitrogens is 2. The van der Waals surface area contributed by atoms with Gasteiger partial charge in [0.1, 0.15) is 5.82 Å². The molecule has 3 rings (SSSR count). The van der Waals surface area contributed by atoms with Crippen molar-refractivity contribution < 1.29 is 4.79 Å². The molecule has 0 aliphatic carbocycles. The van der Waals surface area contributed by atoms with Crippen molar-refractivity contribution in [1.29, 1.82) is 0 Å². The van der Waals surface area contributed by atoms with Gasteiger partial charge in [-0.25, -0.2) is 4.98 Å². The Bertz CT molecular complexity index is 686. The van der Waals surface area contributed by atoms with Crippen molar-refractivity contribution in [3.8, 4) is 11.4 Å². The van der Waals surface area contributed by atoms with Crippen LogP contribution in [0.15, 0.2) is 30.3 Å². The smallest absolute Gasteiger partial charge is 0.207 e. The van der Waals surface area contributed by atoms with Crippen molar-refractivity contribution in [3.05, 3.63) is 41.7 Å². The third-order valence-corrected chi connectivity index (χ3v) is 4.73. The van der Waals surface area contributed by atoms with E-state index in [2.05, 4.69) is 72.1 Å². The Balaban J connectivity index is 0.000000217. The molecule has 2 heterocycles. The van der Waals surface area contributed by atoms with Gasteiger partial charge in [-0.05, 0) is 19.3 Å². The SMILES string of the molecule is CC(NC=O)C(C)(C)C.Cc1nc(-c2ccccc2)n2c1CNCC2. The number of nitrogens with one attached hydrogen (secondary N) is 2. The second-order valence-electron chi connectivity index (χ2n) is 7.53. The van der Waals surface area contributed by atoms with Crippen molar-refractivity contribution >= 4 is 6.41 Å². The molecule has 1 unspecified atom stereocenters. The monoisotopic (exact) mass is 342 g/mol. The highest BCUT2D eigenvalue weighted by atomic mass is 16.1. The number of benzene rings is 1. The molecule has 0 spiro atoms. The molecule has 25 heavy (non-hydrogen) atoms. The number of nitrogens with zero attached hydrogens (tertiary/aromatic N) is 2. The van der Waals surface area contributed by atoms with Crippen molar-refractivity contribution in [1.82, 2.24) is 20.2 Å². The number of fused-ring (bicyclic) bond motifs is 1. The first-order valence-electron chi connectivity index (χ1n) is 8.86. The Morgan fingerprint density at radius 2 is 1.96 bits per heavy atom. The van der Waals surface area contributed by atoms with E-state index in [1.165, 1.54) is 11.3 Å². The molecular formula is C20H30N4O. The van der Waals surface area contributed by atoms with E-state index in [1.54, 1.807) is 0 Å². The molecule has 1 aliphatic rings. The number of aryl methyl sites for hydroxylation is 1. The van der Waals surface area contributed by atoms with Crippen molar-refractivity contribution in [2.45, 2.75) is 53.8 Å². The Kier molecular flexibility index (Phi) is 6.37. The lowest BCUT2D eigenvalue weighted by molar-refractivity contribution is -0.110. The normalized spacial score (nSPS) is 14.8. The quantitative estimate of drug-likeness (QED) is 0.843. The summed E-state index contributed by atoms with van der Waals surface area (Å²) in [7, 11) is 0. The van der Waals surface area contributed by atoms with E-state index in [0.717, 1.165) is 37.6 Å². The Labute approximate surface area is 150 Å². The fourth-order valence-electron chi connectivity index (χ4n) is 2.63. The van der Waals surface area contributed by atoms with Gasteiger partial charge in [-0.3, -0.25) is 4.79 Å². The lowest BCUT2D eigenvalue weighted by Gasteiger charge is -2.26. The summed E-state index contributed by atoms with van der Waals surface area (Å²) < 4.78 is 2.33. The van der Waals surface area contributed by atoms with Gasteiger partial charge in [0.25, 0.3) is 0 Å². The molecule has 5 nitrogen and oxygen atoms in total. The third-order valence-electron chi connectivity index (χ3n) is 4.73. The highest BCUT2D eigenvalue weighted by Crippen LogP contribution is 2.23. The van der Waals surface area contributed by atoms with Crippen LogP contribution < -0.4 is 10.6 Å². The van der Waals surface area contributed by atoms with Crippen LogP contribution in [0.1, 0.15) is 39.1 Å². The van der Waals surface area contributed by atoms with Gasteiger partial charge in [-0.1, -0.05) is 51.1 Å². The number of carbonyl (C=O) groups is 1. The summed E-state index contributed by atoms with van der Waals surface area (Å²) in [5.41, 5.74) is 3.84. The summed E-state index contributed by atoms with van der Waals surface area (Å²) in [6.07, 6.45) is 0.746. The molecule has 2 aromatic rings. The van der Waals surface area contributed by atoms with Gasteiger partial charge in [0.05, 0.1) is 11.4 Å². The minimum absolute atomic E-state index is 0.168. The summed E-state index contributed by atoms with van der Waals surface area (Å²) in [6, 6.07) is 10.7. The van der Waals surface area contributed by atoms with E-state index in [-0.39, 0.29) is 11.5 Å². The molecular weight excluding hydrogens is 312 g/mol. The van der Waals surface area contributed by atoms with E-state index >= 15 is 0 Å². The zero-order valence-corrected chi connectivity index (χ0v) is 16.0. The van der Waals surface area contributed by atoms with Crippen LogP contribution >= 0.6 is 0 Å². The predicted octanol–water partition coefficient (Wildman–Crippen LogP) is 3.13. The van der Waals surface area contributed by atoms with Crippen LogP contribution in [-0.4, -0.2) is 28.5 Å². The van der Waals surface area contributed by atoms with Crippen LogP contribution in [0, 0.1) is 12.3 Å². The maximum absolute atomic E-state index is 9.95. The molecule has 1 amide bonds. The second-order valence-corrected chi connectivity index (χ2v) is 7.53. The number of rotatable bonds is 3. The Hall–Kier alpha value is -2.14. The molecule has 1 aromatic heterocycles. The molecule has 0 saturated carbocycles. The molecule has 1 aliphatic heterocycles. The van der Waals surface area contributed by atoms with Gasteiger partial charge < -0.3 is 15.2 Å². The minimum Gasteiger partial charge on any atom is -0.356 e. The second kappa shape index (κ2) is 8.30. The van der Waals surface area contributed by atoms with Gasteiger partial charge in [0.15, 0.2) is 0 Å². The first-order valence-corrected chi connectivity index (χ1v) is 8.86. The van der Waals surface area contributed by atoms with E-state index in [1.807, 2.05) is 13.0 Å². The summed E-state index contributed by atoms with van der Waals surface area (Å²) in [6.45, 7) is 13.3. The van der Waals surface area contributed by atoms with Crippen molar-refractivity contribution in [3.63, 3.8) is 0 Å². The molecule has 1 atom stereocenters. The van der Waals surface area contributed by atoms with Gasteiger partial charge >= 0.3 is 0 Å². The molecule has 1 aromatic carbocycles. The molecule has 0 fully saturated rings. The lowest BCUT2D eigenvalue weighted by atomic mass is 9.88. The Morgan fingerprint density at radius 1 is 1.28 bits per heavy atom. The van der Waals surface area contributed by atoms with Crippen LogP contribution in [-0.2, 0) is 17.9 Å². The van der Waals surface area contributed by atoms with E-state index in [4.69, 9.17) is 0 Å². The van der Waals surface area contributed by atoms with Crippen LogP contribution in [0.4, 0.5) is 0 Å². The van der Waals surface area contributed by atoms with Crippen LogP contribution in [0.5, 0.6) is 0 Å². The fraction of sp³-hybridized carbons (Fsp3) is 0.500. The van der Waals surface area contributed by atoms with Crippen molar-refractivity contribution in [2.75, 3.05) is 6.54 Å². The number of amides is 1. The van der Waals surface area contributed by atoms with Crippen LogP contribution in [0.2, 0.25) is 0 Å². The highest BCUT2D eigenvalue weighted by molar-refractivity contribution is 5.57. The number of hydrogen-bond donors (Lipinski definition) is 2. The molecule has 136 valence electrons. The average molecular weight is 342 g/mol. The highest BCUT2D eigenvalue weighted by Gasteiger charge is 2.18. The summed E-state index contributed by atoms with van der Waals surface area (Å²) in [5, 5.41) is 6.09.